The molecule has 3 aromatic rings. The predicted octanol–water partition coefficient (Wildman–Crippen LogP) is 4.14. The number of nitrogens with zero attached hydrogens (tertiary/aromatic N) is 3. The molecule has 0 atom stereocenters. The van der Waals surface area contributed by atoms with Gasteiger partial charge in [0, 0.05) is 18.4 Å². The molecular formula is C20H21ClN4O. The molecular weight excluding hydrogens is 348 g/mol. The summed E-state index contributed by atoms with van der Waals surface area (Å²) in [5.74, 6) is -0.185. The number of carbonyl (C=O) groups is 1. The lowest BCUT2D eigenvalue weighted by atomic mass is 10.2. The number of aromatic nitrogens is 2. The van der Waals surface area contributed by atoms with Crippen LogP contribution in [0.15, 0.2) is 42.6 Å². The van der Waals surface area contributed by atoms with Crippen LogP contribution < -0.4 is 5.32 Å². The molecule has 0 unspecified atom stereocenters. The summed E-state index contributed by atoms with van der Waals surface area (Å²) in [7, 11) is 0. The number of fused-ring (bicyclic) bond motifs is 1. The minimum absolute atomic E-state index is 0.185. The van der Waals surface area contributed by atoms with Gasteiger partial charge in [0.15, 0.2) is 0 Å². The van der Waals surface area contributed by atoms with E-state index in [4.69, 9.17) is 11.6 Å². The number of carbonyl (C=O) groups excluding carboxylic acids is 1. The van der Waals surface area contributed by atoms with Crippen molar-refractivity contribution in [2.24, 2.45) is 0 Å². The van der Waals surface area contributed by atoms with E-state index in [1.165, 1.54) is 18.4 Å². The topological polar surface area (TPSA) is 49.6 Å². The molecule has 0 saturated carbocycles. The van der Waals surface area contributed by atoms with E-state index in [0.29, 0.717) is 22.1 Å². The SMILES string of the molecule is Cc1nc2ccc(Cl)cn2c1C(=O)Nc1cccc(CN2CCCC2)c1. The van der Waals surface area contributed by atoms with Crippen molar-refractivity contribution in [2.45, 2.75) is 26.3 Å². The monoisotopic (exact) mass is 368 g/mol. The van der Waals surface area contributed by atoms with E-state index in [9.17, 15) is 4.79 Å². The Morgan fingerprint density at radius 3 is 2.85 bits per heavy atom. The molecule has 1 aliphatic heterocycles. The summed E-state index contributed by atoms with van der Waals surface area (Å²) in [6, 6.07) is 11.6. The van der Waals surface area contributed by atoms with Gasteiger partial charge in [0.1, 0.15) is 11.3 Å². The number of aryl methyl sites for hydroxylation is 1. The van der Waals surface area contributed by atoms with Gasteiger partial charge in [-0.15, -0.1) is 0 Å². The number of amides is 1. The average Bonchev–Trinajstić information content (AvgIpc) is 3.21. The Bertz CT molecular complexity index is 960. The molecule has 4 rings (SSSR count). The molecule has 1 aromatic carbocycles. The number of imidazole rings is 1. The van der Waals surface area contributed by atoms with Gasteiger partial charge in [-0.3, -0.25) is 14.1 Å². The highest BCUT2D eigenvalue weighted by Crippen LogP contribution is 2.20. The van der Waals surface area contributed by atoms with Crippen LogP contribution in [0.25, 0.3) is 5.65 Å². The molecule has 6 heteroatoms. The minimum Gasteiger partial charge on any atom is -0.321 e. The average molecular weight is 369 g/mol. The van der Waals surface area contributed by atoms with Crippen molar-refractivity contribution in [2.75, 3.05) is 18.4 Å². The van der Waals surface area contributed by atoms with Crippen LogP contribution in [0.3, 0.4) is 0 Å². The van der Waals surface area contributed by atoms with E-state index < -0.39 is 0 Å². The van der Waals surface area contributed by atoms with Crippen molar-refractivity contribution in [1.29, 1.82) is 0 Å². The number of benzene rings is 1. The van der Waals surface area contributed by atoms with Crippen LogP contribution in [0.4, 0.5) is 5.69 Å². The van der Waals surface area contributed by atoms with Gasteiger partial charge in [-0.25, -0.2) is 4.98 Å². The number of likely N-dealkylation sites (tertiary alicyclic amines) is 1. The molecule has 0 aliphatic carbocycles. The van der Waals surface area contributed by atoms with Crippen molar-refractivity contribution in [3.63, 3.8) is 0 Å². The first-order chi connectivity index (χ1) is 12.6. The zero-order chi connectivity index (χ0) is 18.1. The van der Waals surface area contributed by atoms with Gasteiger partial charge in [-0.2, -0.15) is 0 Å². The smallest absolute Gasteiger partial charge is 0.274 e. The summed E-state index contributed by atoms with van der Waals surface area (Å²) in [6.45, 7) is 5.06. The maximum absolute atomic E-state index is 12.9. The van der Waals surface area contributed by atoms with Gasteiger partial charge in [-0.1, -0.05) is 23.7 Å². The molecule has 5 nitrogen and oxygen atoms in total. The van der Waals surface area contributed by atoms with Gasteiger partial charge in [0.25, 0.3) is 5.91 Å². The summed E-state index contributed by atoms with van der Waals surface area (Å²) >= 11 is 6.08. The Balaban J connectivity index is 1.57. The molecule has 2 aromatic heterocycles. The largest absolute Gasteiger partial charge is 0.321 e. The van der Waals surface area contributed by atoms with Crippen LogP contribution in [-0.2, 0) is 6.54 Å². The first kappa shape index (κ1) is 17.1. The molecule has 0 bridgehead atoms. The summed E-state index contributed by atoms with van der Waals surface area (Å²) in [6.07, 6.45) is 4.26. The Kier molecular flexibility index (Phi) is 4.66. The maximum Gasteiger partial charge on any atom is 0.274 e. The fourth-order valence-electron chi connectivity index (χ4n) is 3.55. The molecule has 0 radical (unpaired) electrons. The summed E-state index contributed by atoms with van der Waals surface area (Å²) in [4.78, 5) is 19.7. The van der Waals surface area contributed by atoms with Gasteiger partial charge in [0.2, 0.25) is 0 Å². The maximum atomic E-state index is 12.9. The number of hydrogen-bond acceptors (Lipinski definition) is 3. The number of nitrogens with one attached hydrogen (secondary N) is 1. The van der Waals surface area contributed by atoms with E-state index in [1.54, 1.807) is 16.7 Å². The molecule has 134 valence electrons. The first-order valence-corrected chi connectivity index (χ1v) is 9.25. The Morgan fingerprint density at radius 1 is 1.23 bits per heavy atom. The van der Waals surface area contributed by atoms with Gasteiger partial charge in [0.05, 0.1) is 10.7 Å². The highest BCUT2D eigenvalue weighted by Gasteiger charge is 2.17. The summed E-state index contributed by atoms with van der Waals surface area (Å²) < 4.78 is 1.74. The lowest BCUT2D eigenvalue weighted by Gasteiger charge is -2.15. The van der Waals surface area contributed by atoms with Crippen molar-refractivity contribution in [1.82, 2.24) is 14.3 Å². The van der Waals surface area contributed by atoms with Gasteiger partial charge < -0.3 is 5.32 Å². The molecule has 0 spiro atoms. The fraction of sp³-hybridized carbons (Fsp3) is 0.300. The van der Waals surface area contributed by atoms with Crippen molar-refractivity contribution < 1.29 is 4.79 Å². The zero-order valence-electron chi connectivity index (χ0n) is 14.7. The van der Waals surface area contributed by atoms with E-state index in [2.05, 4.69) is 21.3 Å². The number of anilines is 1. The fourth-order valence-corrected chi connectivity index (χ4v) is 3.71. The van der Waals surface area contributed by atoms with Gasteiger partial charge in [-0.05, 0) is 62.7 Å². The van der Waals surface area contributed by atoms with Crippen LogP contribution in [0.2, 0.25) is 5.02 Å². The van der Waals surface area contributed by atoms with Crippen LogP contribution in [0.1, 0.15) is 34.6 Å². The number of rotatable bonds is 4. The second kappa shape index (κ2) is 7.09. The van der Waals surface area contributed by atoms with Gasteiger partial charge >= 0.3 is 0 Å². The predicted molar refractivity (Wildman–Crippen MR) is 104 cm³/mol. The van der Waals surface area contributed by atoms with Crippen molar-refractivity contribution in [3.8, 4) is 0 Å². The molecule has 3 heterocycles. The standard InChI is InChI=1S/C20H21ClN4O/c1-14-19(25-13-16(21)7-8-18(25)22-14)20(26)23-17-6-4-5-15(11-17)12-24-9-2-3-10-24/h4-8,11,13H,2-3,9-10,12H2,1H3,(H,23,26). The third-order valence-corrected chi connectivity index (χ3v) is 4.99. The number of pyridine rings is 1. The third-order valence-electron chi connectivity index (χ3n) is 4.76. The van der Waals surface area contributed by atoms with E-state index >= 15 is 0 Å². The lowest BCUT2D eigenvalue weighted by molar-refractivity contribution is 0.102. The second-order valence-electron chi connectivity index (χ2n) is 6.76. The molecule has 1 saturated heterocycles. The summed E-state index contributed by atoms with van der Waals surface area (Å²) in [5.41, 5.74) is 3.90. The van der Waals surface area contributed by atoms with E-state index in [-0.39, 0.29) is 5.91 Å². The van der Waals surface area contributed by atoms with Crippen LogP contribution in [0, 0.1) is 6.92 Å². The van der Waals surface area contributed by atoms with Crippen LogP contribution >= 0.6 is 11.6 Å². The molecule has 1 N–H and O–H groups in total. The lowest BCUT2D eigenvalue weighted by Crippen LogP contribution is -2.19. The zero-order valence-corrected chi connectivity index (χ0v) is 15.5. The third kappa shape index (κ3) is 3.45. The van der Waals surface area contributed by atoms with Crippen molar-refractivity contribution >= 4 is 28.8 Å². The Hall–Kier alpha value is -2.37. The quantitative estimate of drug-likeness (QED) is 0.752. The second-order valence-corrected chi connectivity index (χ2v) is 7.20. The molecule has 1 aliphatic rings. The van der Waals surface area contributed by atoms with Crippen molar-refractivity contribution in [3.05, 3.63) is 64.6 Å². The van der Waals surface area contributed by atoms with E-state index in [0.717, 1.165) is 25.3 Å². The first-order valence-electron chi connectivity index (χ1n) is 8.87. The van der Waals surface area contributed by atoms with Crippen LogP contribution in [0.5, 0.6) is 0 Å². The minimum atomic E-state index is -0.185. The Labute approximate surface area is 157 Å². The normalized spacial score (nSPS) is 14.8. The number of halogens is 1. The van der Waals surface area contributed by atoms with Crippen LogP contribution in [-0.4, -0.2) is 33.3 Å². The highest BCUT2D eigenvalue weighted by molar-refractivity contribution is 6.30. The van der Waals surface area contributed by atoms with E-state index in [1.807, 2.05) is 31.2 Å². The summed E-state index contributed by atoms with van der Waals surface area (Å²) in [5, 5.41) is 3.57. The molecule has 1 amide bonds. The number of hydrogen-bond donors (Lipinski definition) is 1. The molecule has 1 fully saturated rings. The highest BCUT2D eigenvalue weighted by atomic mass is 35.5. The Morgan fingerprint density at radius 2 is 2.04 bits per heavy atom. The molecule has 26 heavy (non-hydrogen) atoms.